The van der Waals surface area contributed by atoms with Crippen LogP contribution in [0.15, 0.2) is 58.5 Å². The Morgan fingerprint density at radius 3 is 2.68 bits per heavy atom. The average molecular weight is 488 g/mol. The van der Waals surface area contributed by atoms with Gasteiger partial charge in [0.15, 0.2) is 5.16 Å². The number of aromatic nitrogens is 2. The van der Waals surface area contributed by atoms with Crippen molar-refractivity contribution >= 4 is 39.2 Å². The lowest BCUT2D eigenvalue weighted by Gasteiger charge is -2.28. The normalized spacial score (nSPS) is 14.9. The number of thioether (sulfide) groups is 1. The molecule has 7 heteroatoms. The Balaban J connectivity index is 1.34. The molecule has 0 N–H and O–H groups in total. The maximum atomic E-state index is 13.8. The summed E-state index contributed by atoms with van der Waals surface area (Å²) >= 11 is 3.01. The molecule has 0 unspecified atom stereocenters. The first-order valence-electron chi connectivity index (χ1n) is 11.7. The van der Waals surface area contributed by atoms with Gasteiger partial charge in [-0.15, -0.1) is 11.3 Å². The van der Waals surface area contributed by atoms with E-state index in [9.17, 15) is 9.59 Å². The van der Waals surface area contributed by atoms with Crippen molar-refractivity contribution in [2.75, 3.05) is 12.3 Å². The molecule has 2 aromatic carbocycles. The van der Waals surface area contributed by atoms with E-state index in [2.05, 4.69) is 18.2 Å². The summed E-state index contributed by atoms with van der Waals surface area (Å²) in [6.45, 7) is 3.40. The zero-order valence-corrected chi connectivity index (χ0v) is 20.7. The van der Waals surface area contributed by atoms with Crippen molar-refractivity contribution in [1.82, 2.24) is 14.5 Å². The molecule has 0 spiro atoms. The van der Waals surface area contributed by atoms with Crippen molar-refractivity contribution in [3.05, 3.63) is 86.0 Å². The van der Waals surface area contributed by atoms with E-state index >= 15 is 0 Å². The molecule has 2 aromatic heterocycles. The minimum Gasteiger partial charge on any atom is -0.337 e. The Hall–Kier alpha value is -2.90. The summed E-state index contributed by atoms with van der Waals surface area (Å²) in [6.07, 6.45) is 3.95. The number of benzene rings is 2. The van der Waals surface area contributed by atoms with Crippen molar-refractivity contribution < 1.29 is 4.79 Å². The molecule has 0 saturated carbocycles. The molecule has 5 nitrogen and oxygen atoms in total. The topological polar surface area (TPSA) is 55.2 Å². The van der Waals surface area contributed by atoms with Crippen molar-refractivity contribution in [3.63, 3.8) is 0 Å². The van der Waals surface area contributed by atoms with E-state index < -0.39 is 0 Å². The van der Waals surface area contributed by atoms with Crippen LogP contribution in [0.25, 0.3) is 15.9 Å². The van der Waals surface area contributed by atoms with Crippen molar-refractivity contribution in [3.8, 4) is 5.69 Å². The highest BCUT2D eigenvalue weighted by atomic mass is 32.2. The van der Waals surface area contributed by atoms with Crippen molar-refractivity contribution in [2.24, 2.45) is 0 Å². The molecule has 2 aliphatic rings. The summed E-state index contributed by atoms with van der Waals surface area (Å²) < 4.78 is 1.70. The molecule has 0 atom stereocenters. The van der Waals surface area contributed by atoms with Gasteiger partial charge in [-0.05, 0) is 61.4 Å². The molecule has 1 aliphatic carbocycles. The molecular weight excluding hydrogens is 462 g/mol. The molecule has 0 saturated heterocycles. The lowest BCUT2D eigenvalue weighted by atomic mass is 10.00. The first-order valence-corrected chi connectivity index (χ1v) is 13.5. The SMILES string of the molecule is Cc1ccc(-n2c(SCC(=O)N3CCc4ccccc4C3)nc3sc4c(c3c2=O)CCC4)cc1. The van der Waals surface area contributed by atoms with Crippen LogP contribution < -0.4 is 5.56 Å². The lowest BCUT2D eigenvalue weighted by molar-refractivity contribution is -0.129. The van der Waals surface area contributed by atoms with Gasteiger partial charge in [0, 0.05) is 18.0 Å². The Bertz CT molecular complexity index is 1470. The second-order valence-corrected chi connectivity index (χ2v) is 11.1. The van der Waals surface area contributed by atoms with Gasteiger partial charge in [0.25, 0.3) is 5.56 Å². The summed E-state index contributed by atoms with van der Waals surface area (Å²) in [7, 11) is 0. The maximum absolute atomic E-state index is 13.8. The minimum atomic E-state index is -0.0184. The van der Waals surface area contributed by atoms with Gasteiger partial charge in [-0.1, -0.05) is 53.7 Å². The highest BCUT2D eigenvalue weighted by Gasteiger charge is 2.25. The first kappa shape index (κ1) is 21.6. The number of carbonyl (C=O) groups excluding carboxylic acids is 1. The van der Waals surface area contributed by atoms with E-state index in [4.69, 9.17) is 4.98 Å². The molecule has 0 radical (unpaired) electrons. The fraction of sp³-hybridized carbons (Fsp3) is 0.296. The lowest BCUT2D eigenvalue weighted by Crippen LogP contribution is -2.37. The number of hydrogen-bond donors (Lipinski definition) is 0. The van der Waals surface area contributed by atoms with Crippen LogP contribution in [0.1, 0.15) is 33.6 Å². The van der Waals surface area contributed by atoms with Crippen LogP contribution in [0.3, 0.4) is 0 Å². The fourth-order valence-corrected chi connectivity index (χ4v) is 7.19. The number of rotatable bonds is 4. The van der Waals surface area contributed by atoms with Crippen molar-refractivity contribution in [2.45, 2.75) is 44.3 Å². The van der Waals surface area contributed by atoms with E-state index in [1.165, 1.54) is 33.3 Å². The summed E-state index contributed by atoms with van der Waals surface area (Å²) in [4.78, 5) is 35.8. The minimum absolute atomic E-state index is 0.0184. The van der Waals surface area contributed by atoms with Gasteiger partial charge < -0.3 is 4.90 Å². The van der Waals surface area contributed by atoms with Crippen LogP contribution in [-0.2, 0) is 30.6 Å². The maximum Gasteiger partial charge on any atom is 0.267 e. The van der Waals surface area contributed by atoms with Crippen molar-refractivity contribution in [1.29, 1.82) is 0 Å². The van der Waals surface area contributed by atoms with Gasteiger partial charge in [0.2, 0.25) is 5.91 Å². The summed E-state index contributed by atoms with van der Waals surface area (Å²) in [5.74, 6) is 0.342. The van der Waals surface area contributed by atoms with Crippen LogP contribution in [0.5, 0.6) is 0 Å². The Labute approximate surface area is 206 Å². The second kappa shape index (κ2) is 8.71. The molecule has 1 aliphatic heterocycles. The van der Waals surface area contributed by atoms with Gasteiger partial charge in [-0.25, -0.2) is 4.98 Å². The summed E-state index contributed by atoms with van der Waals surface area (Å²) in [5.41, 5.74) is 5.64. The van der Waals surface area contributed by atoms with Gasteiger partial charge in [0.1, 0.15) is 4.83 Å². The third-order valence-corrected chi connectivity index (χ3v) is 8.92. The predicted octanol–water partition coefficient (Wildman–Crippen LogP) is 4.92. The smallest absolute Gasteiger partial charge is 0.267 e. The largest absolute Gasteiger partial charge is 0.337 e. The second-order valence-electron chi connectivity index (χ2n) is 9.03. The molecule has 4 aromatic rings. The monoisotopic (exact) mass is 487 g/mol. The highest BCUT2D eigenvalue weighted by molar-refractivity contribution is 7.99. The molecule has 3 heterocycles. The molecule has 0 fully saturated rings. The van der Waals surface area contributed by atoms with E-state index in [0.29, 0.717) is 11.7 Å². The molecular formula is C27H25N3O2S2. The Morgan fingerprint density at radius 1 is 1.06 bits per heavy atom. The number of aryl methyl sites for hydroxylation is 3. The van der Waals surface area contributed by atoms with Crippen LogP contribution in [0.2, 0.25) is 0 Å². The molecule has 0 bridgehead atoms. The zero-order valence-electron chi connectivity index (χ0n) is 19.0. The van der Waals surface area contributed by atoms with Gasteiger partial charge in [-0.2, -0.15) is 0 Å². The number of carbonyl (C=O) groups is 1. The van der Waals surface area contributed by atoms with Crippen LogP contribution in [-0.4, -0.2) is 32.7 Å². The number of amides is 1. The Kier molecular flexibility index (Phi) is 5.54. The molecule has 1 amide bonds. The molecule has 172 valence electrons. The average Bonchev–Trinajstić information content (AvgIpc) is 3.44. The first-order chi connectivity index (χ1) is 16.6. The van der Waals surface area contributed by atoms with Crippen LogP contribution >= 0.6 is 23.1 Å². The quantitative estimate of drug-likeness (QED) is 0.303. The number of thiophene rings is 1. The number of fused-ring (bicyclic) bond motifs is 4. The van der Waals surface area contributed by atoms with E-state index in [-0.39, 0.29) is 17.2 Å². The van der Waals surface area contributed by atoms with Gasteiger partial charge in [0.05, 0.1) is 16.8 Å². The standard InChI is InChI=1S/C27H25N3O2S2/c1-17-9-11-20(12-10-17)30-26(32)24-21-7-4-8-22(21)34-25(24)28-27(30)33-16-23(31)29-14-13-18-5-2-3-6-19(18)15-29/h2-3,5-6,9-12H,4,7-8,13-16H2,1H3. The van der Waals surface area contributed by atoms with E-state index in [0.717, 1.165) is 53.7 Å². The molecule has 34 heavy (non-hydrogen) atoms. The zero-order chi connectivity index (χ0) is 23.2. The van der Waals surface area contributed by atoms with Crippen LogP contribution in [0, 0.1) is 6.92 Å². The predicted molar refractivity (Wildman–Crippen MR) is 138 cm³/mol. The van der Waals surface area contributed by atoms with E-state index in [1.54, 1.807) is 15.9 Å². The number of hydrogen-bond acceptors (Lipinski definition) is 5. The number of nitrogens with zero attached hydrogens (tertiary/aromatic N) is 3. The third kappa shape index (κ3) is 3.77. The summed E-state index contributed by atoms with van der Waals surface area (Å²) in [6, 6.07) is 16.3. The fourth-order valence-electron chi connectivity index (χ4n) is 4.97. The van der Waals surface area contributed by atoms with Gasteiger partial charge >= 0.3 is 0 Å². The molecule has 6 rings (SSSR count). The highest BCUT2D eigenvalue weighted by Crippen LogP contribution is 2.36. The third-order valence-electron chi connectivity index (χ3n) is 6.81. The van der Waals surface area contributed by atoms with Crippen LogP contribution in [0.4, 0.5) is 0 Å². The summed E-state index contributed by atoms with van der Waals surface area (Å²) in [5, 5.41) is 1.36. The van der Waals surface area contributed by atoms with Gasteiger partial charge in [-0.3, -0.25) is 14.2 Å². The Morgan fingerprint density at radius 2 is 1.85 bits per heavy atom. The van der Waals surface area contributed by atoms with E-state index in [1.807, 2.05) is 42.2 Å².